The van der Waals surface area contributed by atoms with Gasteiger partial charge in [0.25, 0.3) is 0 Å². The summed E-state index contributed by atoms with van der Waals surface area (Å²) < 4.78 is 0. The molecule has 0 aliphatic rings. The van der Waals surface area contributed by atoms with Gasteiger partial charge < -0.3 is 15.9 Å². The molecule has 0 aliphatic heterocycles. The van der Waals surface area contributed by atoms with E-state index < -0.39 is 12.1 Å². The van der Waals surface area contributed by atoms with E-state index in [1.165, 1.54) is 44.9 Å². The Kier molecular flexibility index (Phi) is 15.3. The van der Waals surface area contributed by atoms with Gasteiger partial charge in [0.2, 0.25) is 0 Å². The molecule has 0 amide bonds. The standard InChI is InChI=1S/C18H35NO2/c1-2-3-4-5-6-7-8-9-10-11-12-13-14-15-18(21)17(19)16-20/h8-9,14-15,17-18,20-21H,2-7,10-13,16,19H2,1H3/t17-,18+/m0/s1. The van der Waals surface area contributed by atoms with Gasteiger partial charge in [0.05, 0.1) is 18.8 Å². The summed E-state index contributed by atoms with van der Waals surface area (Å²) in [5, 5.41) is 18.3. The third kappa shape index (κ3) is 14.1. The van der Waals surface area contributed by atoms with Crippen LogP contribution in [0.2, 0.25) is 0 Å². The number of rotatable bonds is 14. The maximum absolute atomic E-state index is 9.51. The smallest absolute Gasteiger partial charge is 0.0894 e. The molecule has 3 heteroatoms. The second-order valence-electron chi connectivity index (χ2n) is 5.72. The summed E-state index contributed by atoms with van der Waals surface area (Å²) in [6.07, 6.45) is 19.9. The number of aliphatic hydroxyl groups is 2. The third-order valence-corrected chi connectivity index (χ3v) is 3.62. The topological polar surface area (TPSA) is 66.5 Å². The molecule has 0 aromatic rings. The first-order valence-electron chi connectivity index (χ1n) is 8.58. The molecular weight excluding hydrogens is 262 g/mol. The van der Waals surface area contributed by atoms with Crippen molar-refractivity contribution in [2.45, 2.75) is 83.3 Å². The van der Waals surface area contributed by atoms with Crippen molar-refractivity contribution >= 4 is 0 Å². The molecule has 0 aliphatic carbocycles. The zero-order chi connectivity index (χ0) is 15.8. The summed E-state index contributed by atoms with van der Waals surface area (Å²) in [5.74, 6) is 0. The van der Waals surface area contributed by atoms with Crippen LogP contribution in [-0.2, 0) is 0 Å². The molecule has 0 saturated carbocycles. The number of unbranched alkanes of at least 4 members (excludes halogenated alkanes) is 8. The Labute approximate surface area is 130 Å². The van der Waals surface area contributed by atoms with E-state index in [-0.39, 0.29) is 6.61 Å². The van der Waals surface area contributed by atoms with Crippen LogP contribution in [-0.4, -0.2) is 29.0 Å². The largest absolute Gasteiger partial charge is 0.395 e. The summed E-state index contributed by atoms with van der Waals surface area (Å²) in [5.41, 5.74) is 5.50. The van der Waals surface area contributed by atoms with Gasteiger partial charge in [0.1, 0.15) is 0 Å². The van der Waals surface area contributed by atoms with Crippen LogP contribution in [0.1, 0.15) is 71.1 Å². The summed E-state index contributed by atoms with van der Waals surface area (Å²) in [6, 6.07) is -0.568. The van der Waals surface area contributed by atoms with Crippen LogP contribution < -0.4 is 5.73 Å². The quantitative estimate of drug-likeness (QED) is 0.338. The van der Waals surface area contributed by atoms with Crippen LogP contribution in [0.25, 0.3) is 0 Å². The highest BCUT2D eigenvalue weighted by molar-refractivity contribution is 4.93. The fraction of sp³-hybridized carbons (Fsp3) is 0.778. The normalized spacial score (nSPS) is 15.0. The van der Waals surface area contributed by atoms with E-state index in [2.05, 4.69) is 19.1 Å². The molecule has 0 aromatic carbocycles. The molecule has 124 valence electrons. The number of aliphatic hydroxyl groups excluding tert-OH is 2. The molecule has 0 saturated heterocycles. The van der Waals surface area contributed by atoms with Gasteiger partial charge in [-0.3, -0.25) is 0 Å². The second-order valence-corrected chi connectivity index (χ2v) is 5.72. The minimum atomic E-state index is -0.734. The van der Waals surface area contributed by atoms with Gasteiger partial charge in [0.15, 0.2) is 0 Å². The van der Waals surface area contributed by atoms with Gasteiger partial charge in [-0.15, -0.1) is 0 Å². The Hall–Kier alpha value is -0.640. The van der Waals surface area contributed by atoms with Crippen molar-refractivity contribution in [3.05, 3.63) is 24.3 Å². The average Bonchev–Trinajstić information content (AvgIpc) is 2.50. The lowest BCUT2D eigenvalue weighted by atomic mass is 10.1. The SMILES string of the molecule is CCCCCCCC=CCCCCC=C[C@@H](O)[C@@H](N)CO. The number of hydrogen-bond donors (Lipinski definition) is 3. The van der Waals surface area contributed by atoms with Crippen molar-refractivity contribution in [3.63, 3.8) is 0 Å². The molecule has 21 heavy (non-hydrogen) atoms. The first kappa shape index (κ1) is 20.4. The van der Waals surface area contributed by atoms with E-state index in [4.69, 9.17) is 10.8 Å². The van der Waals surface area contributed by atoms with Crippen LogP contribution in [0, 0.1) is 0 Å². The predicted molar refractivity (Wildman–Crippen MR) is 91.2 cm³/mol. The van der Waals surface area contributed by atoms with Crippen molar-refractivity contribution in [2.75, 3.05) is 6.61 Å². The first-order valence-corrected chi connectivity index (χ1v) is 8.58. The lowest BCUT2D eigenvalue weighted by Gasteiger charge is -2.11. The van der Waals surface area contributed by atoms with E-state index >= 15 is 0 Å². The van der Waals surface area contributed by atoms with Crippen molar-refractivity contribution in [2.24, 2.45) is 5.73 Å². The molecule has 0 rings (SSSR count). The van der Waals surface area contributed by atoms with E-state index in [9.17, 15) is 5.11 Å². The fourth-order valence-corrected chi connectivity index (χ4v) is 2.11. The average molecular weight is 297 g/mol. The number of nitrogens with two attached hydrogens (primary N) is 1. The Morgan fingerprint density at radius 3 is 1.95 bits per heavy atom. The highest BCUT2D eigenvalue weighted by atomic mass is 16.3. The van der Waals surface area contributed by atoms with Crippen molar-refractivity contribution in [1.29, 1.82) is 0 Å². The molecule has 0 aromatic heterocycles. The van der Waals surface area contributed by atoms with Gasteiger partial charge in [-0.1, -0.05) is 56.9 Å². The highest BCUT2D eigenvalue weighted by Gasteiger charge is 2.08. The van der Waals surface area contributed by atoms with Crippen molar-refractivity contribution < 1.29 is 10.2 Å². The molecule has 3 nitrogen and oxygen atoms in total. The maximum atomic E-state index is 9.51. The van der Waals surface area contributed by atoms with E-state index in [1.54, 1.807) is 6.08 Å². The third-order valence-electron chi connectivity index (χ3n) is 3.62. The lowest BCUT2D eigenvalue weighted by molar-refractivity contribution is 0.144. The van der Waals surface area contributed by atoms with Crippen LogP contribution in [0.5, 0.6) is 0 Å². The van der Waals surface area contributed by atoms with E-state index in [0.29, 0.717) is 0 Å². The van der Waals surface area contributed by atoms with Crippen LogP contribution in [0.3, 0.4) is 0 Å². The van der Waals surface area contributed by atoms with Gasteiger partial charge in [-0.05, 0) is 38.5 Å². The molecule has 0 radical (unpaired) electrons. The lowest BCUT2D eigenvalue weighted by Crippen LogP contribution is -2.36. The van der Waals surface area contributed by atoms with E-state index in [1.807, 2.05) is 6.08 Å². The summed E-state index contributed by atoms with van der Waals surface area (Å²) in [4.78, 5) is 0. The maximum Gasteiger partial charge on any atom is 0.0894 e. The monoisotopic (exact) mass is 297 g/mol. The molecular formula is C18H35NO2. The molecule has 0 spiro atoms. The fourth-order valence-electron chi connectivity index (χ4n) is 2.11. The van der Waals surface area contributed by atoms with E-state index in [0.717, 1.165) is 19.3 Å². The molecule has 4 N–H and O–H groups in total. The number of allylic oxidation sites excluding steroid dienone is 3. The summed E-state index contributed by atoms with van der Waals surface area (Å²) >= 11 is 0. The Morgan fingerprint density at radius 2 is 1.38 bits per heavy atom. The zero-order valence-corrected chi connectivity index (χ0v) is 13.7. The van der Waals surface area contributed by atoms with Crippen LogP contribution >= 0.6 is 0 Å². The Balaban J connectivity index is 3.33. The zero-order valence-electron chi connectivity index (χ0n) is 13.7. The van der Waals surface area contributed by atoms with Crippen molar-refractivity contribution in [1.82, 2.24) is 0 Å². The van der Waals surface area contributed by atoms with Crippen molar-refractivity contribution in [3.8, 4) is 0 Å². The summed E-state index contributed by atoms with van der Waals surface area (Å²) in [6.45, 7) is 2.06. The molecule has 0 bridgehead atoms. The van der Waals surface area contributed by atoms with Crippen LogP contribution in [0.4, 0.5) is 0 Å². The Bertz CT molecular complexity index is 264. The molecule has 0 unspecified atom stereocenters. The molecule has 0 fully saturated rings. The predicted octanol–water partition coefficient (Wildman–Crippen LogP) is 3.70. The van der Waals surface area contributed by atoms with Crippen LogP contribution in [0.15, 0.2) is 24.3 Å². The van der Waals surface area contributed by atoms with Gasteiger partial charge in [0, 0.05) is 0 Å². The second kappa shape index (κ2) is 15.7. The van der Waals surface area contributed by atoms with Gasteiger partial charge in [-0.2, -0.15) is 0 Å². The number of hydrogen-bond acceptors (Lipinski definition) is 3. The summed E-state index contributed by atoms with van der Waals surface area (Å²) in [7, 11) is 0. The molecule has 2 atom stereocenters. The molecule has 0 heterocycles. The first-order chi connectivity index (χ1) is 10.2. The highest BCUT2D eigenvalue weighted by Crippen LogP contribution is 2.07. The van der Waals surface area contributed by atoms with Gasteiger partial charge in [-0.25, -0.2) is 0 Å². The Morgan fingerprint density at radius 1 is 0.857 bits per heavy atom. The van der Waals surface area contributed by atoms with Gasteiger partial charge >= 0.3 is 0 Å². The minimum Gasteiger partial charge on any atom is -0.395 e. The minimum absolute atomic E-state index is 0.186.